The highest BCUT2D eigenvalue weighted by Crippen LogP contribution is 2.30. The van der Waals surface area contributed by atoms with E-state index in [9.17, 15) is 0 Å². The third-order valence-corrected chi connectivity index (χ3v) is 3.15. The van der Waals surface area contributed by atoms with E-state index in [0.29, 0.717) is 27.7 Å². The van der Waals surface area contributed by atoms with Crippen molar-refractivity contribution in [2.45, 2.75) is 0 Å². The second-order valence-corrected chi connectivity index (χ2v) is 4.50. The van der Waals surface area contributed by atoms with Crippen molar-refractivity contribution >= 4 is 28.4 Å². The lowest BCUT2D eigenvalue weighted by Crippen LogP contribution is -1.84. The molecule has 1 aromatic heterocycles. The maximum atomic E-state index is 5.96. The van der Waals surface area contributed by atoms with Crippen molar-refractivity contribution in [1.82, 2.24) is 4.98 Å². The number of hydrogen-bond acceptors (Lipinski definition) is 4. The van der Waals surface area contributed by atoms with Gasteiger partial charge in [0.15, 0.2) is 5.58 Å². The number of halogens is 1. The van der Waals surface area contributed by atoms with Crippen molar-refractivity contribution in [2.24, 2.45) is 0 Å². The Morgan fingerprint density at radius 3 is 2.89 bits per heavy atom. The molecule has 0 saturated heterocycles. The molecule has 1 heterocycles. The Balaban J connectivity index is 2.14. The van der Waals surface area contributed by atoms with Gasteiger partial charge in [0, 0.05) is 11.6 Å². The van der Waals surface area contributed by atoms with Gasteiger partial charge in [-0.2, -0.15) is 0 Å². The van der Waals surface area contributed by atoms with Gasteiger partial charge in [0.25, 0.3) is 0 Å². The van der Waals surface area contributed by atoms with Crippen LogP contribution in [0.3, 0.4) is 0 Å². The van der Waals surface area contributed by atoms with E-state index < -0.39 is 0 Å². The lowest BCUT2D eigenvalue weighted by atomic mass is 10.2. The van der Waals surface area contributed by atoms with E-state index in [4.69, 9.17) is 26.5 Å². The molecule has 0 radical (unpaired) electrons. The molecular weight excluding hydrogens is 264 g/mol. The van der Waals surface area contributed by atoms with Crippen LogP contribution in [-0.2, 0) is 0 Å². The number of methoxy groups -OCH3 is 1. The number of oxazole rings is 1. The van der Waals surface area contributed by atoms with Crippen molar-refractivity contribution in [2.75, 3.05) is 12.8 Å². The van der Waals surface area contributed by atoms with Gasteiger partial charge in [-0.05, 0) is 24.3 Å². The number of rotatable bonds is 2. The van der Waals surface area contributed by atoms with E-state index in [0.717, 1.165) is 11.3 Å². The summed E-state index contributed by atoms with van der Waals surface area (Å²) in [6.45, 7) is 0. The lowest BCUT2D eigenvalue weighted by molar-refractivity contribution is 0.415. The summed E-state index contributed by atoms with van der Waals surface area (Å²) in [5.41, 5.74) is 8.34. The number of aromatic nitrogens is 1. The lowest BCUT2D eigenvalue weighted by Gasteiger charge is -2.00. The molecule has 0 aliphatic heterocycles. The van der Waals surface area contributed by atoms with Gasteiger partial charge < -0.3 is 14.9 Å². The van der Waals surface area contributed by atoms with Crippen molar-refractivity contribution in [3.05, 3.63) is 41.4 Å². The summed E-state index contributed by atoms with van der Waals surface area (Å²) in [6, 6.07) is 10.9. The van der Waals surface area contributed by atoms with Crippen molar-refractivity contribution in [3.8, 4) is 17.2 Å². The Hall–Kier alpha value is -2.20. The Bertz CT molecular complexity index is 713. The van der Waals surface area contributed by atoms with Crippen LogP contribution in [0.4, 0.5) is 5.69 Å². The van der Waals surface area contributed by atoms with Crippen molar-refractivity contribution < 1.29 is 9.15 Å². The SMILES string of the molecule is COc1cccc(-c2nc3cc(Cl)c(N)cc3o2)c1. The summed E-state index contributed by atoms with van der Waals surface area (Å²) < 4.78 is 10.9. The molecule has 0 spiro atoms. The number of nitrogens with zero attached hydrogens (tertiary/aromatic N) is 1. The molecule has 4 nitrogen and oxygen atoms in total. The average Bonchev–Trinajstić information content (AvgIpc) is 2.82. The Labute approximate surface area is 114 Å². The highest BCUT2D eigenvalue weighted by Gasteiger charge is 2.10. The van der Waals surface area contributed by atoms with Crippen LogP contribution in [0.25, 0.3) is 22.6 Å². The van der Waals surface area contributed by atoms with Crippen LogP contribution in [-0.4, -0.2) is 12.1 Å². The second-order valence-electron chi connectivity index (χ2n) is 4.09. The molecule has 0 aliphatic rings. The smallest absolute Gasteiger partial charge is 0.227 e. The van der Waals surface area contributed by atoms with Gasteiger partial charge in [-0.3, -0.25) is 0 Å². The normalized spacial score (nSPS) is 10.8. The molecule has 2 aromatic carbocycles. The first-order valence-corrected chi connectivity index (χ1v) is 6.05. The van der Waals surface area contributed by atoms with Crippen LogP contribution in [0, 0.1) is 0 Å². The number of fused-ring (bicyclic) bond motifs is 1. The number of anilines is 1. The fraction of sp³-hybridized carbons (Fsp3) is 0.0714. The van der Waals surface area contributed by atoms with Crippen molar-refractivity contribution in [3.63, 3.8) is 0 Å². The minimum Gasteiger partial charge on any atom is -0.497 e. The zero-order valence-electron chi connectivity index (χ0n) is 10.2. The van der Waals surface area contributed by atoms with E-state index in [1.54, 1.807) is 19.2 Å². The highest BCUT2D eigenvalue weighted by molar-refractivity contribution is 6.33. The van der Waals surface area contributed by atoms with E-state index in [1.165, 1.54) is 0 Å². The quantitative estimate of drug-likeness (QED) is 0.723. The molecule has 0 unspecified atom stereocenters. The van der Waals surface area contributed by atoms with Crippen LogP contribution in [0.15, 0.2) is 40.8 Å². The maximum Gasteiger partial charge on any atom is 0.227 e. The number of benzene rings is 2. The molecule has 0 amide bonds. The standard InChI is InChI=1S/C14H11ClN2O2/c1-18-9-4-2-3-8(5-9)14-17-12-6-10(15)11(16)7-13(12)19-14/h2-7H,16H2,1H3. The third-order valence-electron chi connectivity index (χ3n) is 2.82. The van der Waals surface area contributed by atoms with Crippen LogP contribution in [0.5, 0.6) is 5.75 Å². The fourth-order valence-corrected chi connectivity index (χ4v) is 2.00. The van der Waals surface area contributed by atoms with Crippen LogP contribution in [0.2, 0.25) is 5.02 Å². The minimum atomic E-state index is 0.470. The Morgan fingerprint density at radius 1 is 1.26 bits per heavy atom. The largest absolute Gasteiger partial charge is 0.497 e. The predicted molar refractivity (Wildman–Crippen MR) is 75.4 cm³/mol. The van der Waals surface area contributed by atoms with Crippen LogP contribution >= 0.6 is 11.6 Å². The fourth-order valence-electron chi connectivity index (χ4n) is 1.84. The first kappa shape index (κ1) is 11.9. The molecule has 0 fully saturated rings. The molecular formula is C14H11ClN2O2. The average molecular weight is 275 g/mol. The minimum absolute atomic E-state index is 0.470. The van der Waals surface area contributed by atoms with Crippen LogP contribution in [0.1, 0.15) is 0 Å². The van der Waals surface area contributed by atoms with Gasteiger partial charge in [0.1, 0.15) is 11.3 Å². The van der Waals surface area contributed by atoms with Gasteiger partial charge in [-0.15, -0.1) is 0 Å². The Morgan fingerprint density at radius 2 is 2.11 bits per heavy atom. The van der Waals surface area contributed by atoms with Crippen molar-refractivity contribution in [1.29, 1.82) is 0 Å². The molecule has 0 bridgehead atoms. The molecule has 0 atom stereocenters. The maximum absolute atomic E-state index is 5.96. The molecule has 5 heteroatoms. The topological polar surface area (TPSA) is 61.3 Å². The van der Waals surface area contributed by atoms with Gasteiger partial charge in [-0.1, -0.05) is 17.7 Å². The zero-order valence-corrected chi connectivity index (χ0v) is 10.9. The van der Waals surface area contributed by atoms with Gasteiger partial charge in [0.2, 0.25) is 5.89 Å². The Kier molecular flexibility index (Phi) is 2.80. The predicted octanol–water partition coefficient (Wildman–Crippen LogP) is 3.74. The van der Waals surface area contributed by atoms with E-state index in [2.05, 4.69) is 4.98 Å². The molecule has 96 valence electrons. The highest BCUT2D eigenvalue weighted by atomic mass is 35.5. The van der Waals surface area contributed by atoms with Crippen LogP contribution < -0.4 is 10.5 Å². The number of nitrogens with two attached hydrogens (primary N) is 1. The van der Waals surface area contributed by atoms with Gasteiger partial charge in [-0.25, -0.2) is 4.98 Å². The number of hydrogen-bond donors (Lipinski definition) is 1. The summed E-state index contributed by atoms with van der Waals surface area (Å²) in [5.74, 6) is 1.26. The summed E-state index contributed by atoms with van der Waals surface area (Å²) >= 11 is 5.96. The van der Waals surface area contributed by atoms with E-state index in [-0.39, 0.29) is 0 Å². The third kappa shape index (κ3) is 2.11. The molecule has 19 heavy (non-hydrogen) atoms. The molecule has 0 saturated carbocycles. The number of ether oxygens (including phenoxy) is 1. The summed E-state index contributed by atoms with van der Waals surface area (Å²) in [4.78, 5) is 4.40. The first-order valence-electron chi connectivity index (χ1n) is 5.67. The van der Waals surface area contributed by atoms with E-state index >= 15 is 0 Å². The summed E-state index contributed by atoms with van der Waals surface area (Å²) in [5, 5.41) is 0.470. The first-order chi connectivity index (χ1) is 9.17. The molecule has 3 rings (SSSR count). The summed E-state index contributed by atoms with van der Waals surface area (Å²) in [6.07, 6.45) is 0. The van der Waals surface area contributed by atoms with Gasteiger partial charge >= 0.3 is 0 Å². The van der Waals surface area contributed by atoms with Gasteiger partial charge in [0.05, 0.1) is 17.8 Å². The summed E-state index contributed by atoms with van der Waals surface area (Å²) in [7, 11) is 1.62. The number of nitrogen functional groups attached to an aromatic ring is 1. The molecule has 3 aromatic rings. The van der Waals surface area contributed by atoms with E-state index in [1.807, 2.05) is 24.3 Å². The monoisotopic (exact) mass is 274 g/mol. The zero-order chi connectivity index (χ0) is 13.4. The molecule has 2 N–H and O–H groups in total. The molecule has 0 aliphatic carbocycles. The second kappa shape index (κ2) is 4.48.